The predicted octanol–water partition coefficient (Wildman–Crippen LogP) is 3.32. The van der Waals surface area contributed by atoms with Crippen molar-refractivity contribution >= 4 is 12.4 Å². The van der Waals surface area contributed by atoms with Crippen LogP contribution in [0.5, 0.6) is 5.75 Å². The van der Waals surface area contributed by atoms with Gasteiger partial charge >= 0.3 is 0 Å². The lowest BCUT2D eigenvalue weighted by molar-refractivity contribution is 0.415. The monoisotopic (exact) mass is 191 g/mol. The van der Waals surface area contributed by atoms with Crippen molar-refractivity contribution in [1.29, 1.82) is 0 Å². The minimum atomic E-state index is 0.131. The van der Waals surface area contributed by atoms with E-state index in [9.17, 15) is 0 Å². The van der Waals surface area contributed by atoms with Gasteiger partial charge in [-0.3, -0.25) is 4.99 Å². The molecule has 0 saturated carbocycles. The molecule has 0 aromatic heterocycles. The van der Waals surface area contributed by atoms with Gasteiger partial charge in [0.2, 0.25) is 0 Å². The zero-order chi connectivity index (χ0) is 10.8. The maximum atomic E-state index is 5.17. The summed E-state index contributed by atoms with van der Waals surface area (Å²) in [5.74, 6) is 0.771. The first-order chi connectivity index (χ1) is 6.49. The van der Waals surface area contributed by atoms with E-state index in [-0.39, 0.29) is 5.41 Å². The zero-order valence-corrected chi connectivity index (χ0v) is 9.29. The van der Waals surface area contributed by atoms with E-state index in [0.717, 1.165) is 11.4 Å². The summed E-state index contributed by atoms with van der Waals surface area (Å²) in [5, 5.41) is 0. The van der Waals surface area contributed by atoms with E-state index in [2.05, 4.69) is 38.5 Å². The third-order valence-corrected chi connectivity index (χ3v) is 2.22. The van der Waals surface area contributed by atoms with Gasteiger partial charge in [0, 0.05) is 0 Å². The smallest absolute Gasteiger partial charge is 0.144 e. The maximum Gasteiger partial charge on any atom is 0.144 e. The Labute approximate surface area is 85.6 Å². The molecule has 0 aliphatic rings. The lowest BCUT2D eigenvalue weighted by Gasteiger charge is -2.19. The summed E-state index contributed by atoms with van der Waals surface area (Å²) in [7, 11) is 1.64. The second-order valence-corrected chi connectivity index (χ2v) is 4.29. The molecule has 0 radical (unpaired) electrons. The quantitative estimate of drug-likeness (QED) is 0.657. The van der Waals surface area contributed by atoms with Gasteiger partial charge in [-0.05, 0) is 29.8 Å². The van der Waals surface area contributed by atoms with Gasteiger partial charge in [-0.2, -0.15) is 0 Å². The first kappa shape index (κ1) is 10.8. The molecule has 0 aliphatic heterocycles. The number of hydrogen-bond acceptors (Lipinski definition) is 2. The molecule has 0 unspecified atom stereocenters. The third-order valence-electron chi connectivity index (χ3n) is 2.22. The average Bonchev–Trinajstić information content (AvgIpc) is 2.15. The Kier molecular flexibility index (Phi) is 2.94. The van der Waals surface area contributed by atoms with Crippen LogP contribution in [0.3, 0.4) is 0 Å². The topological polar surface area (TPSA) is 21.6 Å². The van der Waals surface area contributed by atoms with Gasteiger partial charge in [0.15, 0.2) is 0 Å². The van der Waals surface area contributed by atoms with Crippen molar-refractivity contribution in [1.82, 2.24) is 0 Å². The Balaban J connectivity index is 3.21. The Bertz CT molecular complexity index is 337. The summed E-state index contributed by atoms with van der Waals surface area (Å²) < 4.78 is 5.17. The molecule has 0 fully saturated rings. The molecular formula is C12H17NO. The highest BCUT2D eigenvalue weighted by Gasteiger charge is 2.15. The van der Waals surface area contributed by atoms with Crippen molar-refractivity contribution in [2.45, 2.75) is 26.2 Å². The number of ether oxygens (including phenoxy) is 1. The molecule has 0 bridgehead atoms. The third kappa shape index (κ3) is 2.13. The van der Waals surface area contributed by atoms with E-state index in [4.69, 9.17) is 4.74 Å². The zero-order valence-electron chi connectivity index (χ0n) is 9.29. The van der Waals surface area contributed by atoms with Crippen LogP contribution in [-0.2, 0) is 5.41 Å². The second kappa shape index (κ2) is 3.82. The van der Waals surface area contributed by atoms with E-state index in [1.807, 2.05) is 12.1 Å². The number of aliphatic imine (C=N–C) groups is 1. The van der Waals surface area contributed by atoms with Crippen LogP contribution >= 0.6 is 0 Å². The fourth-order valence-corrected chi connectivity index (χ4v) is 1.28. The van der Waals surface area contributed by atoms with E-state index < -0.39 is 0 Å². The van der Waals surface area contributed by atoms with E-state index in [1.54, 1.807) is 7.11 Å². The molecule has 0 atom stereocenters. The highest BCUT2D eigenvalue weighted by Crippen LogP contribution is 2.32. The first-order valence-electron chi connectivity index (χ1n) is 4.64. The van der Waals surface area contributed by atoms with Gasteiger partial charge in [0.05, 0.1) is 7.11 Å². The largest absolute Gasteiger partial charge is 0.494 e. The molecule has 14 heavy (non-hydrogen) atoms. The van der Waals surface area contributed by atoms with Gasteiger partial charge in [-0.25, -0.2) is 0 Å². The number of nitrogens with zero attached hydrogens (tertiary/aromatic N) is 1. The van der Waals surface area contributed by atoms with Crippen molar-refractivity contribution in [2.75, 3.05) is 7.11 Å². The van der Waals surface area contributed by atoms with Gasteiger partial charge < -0.3 is 4.74 Å². The minimum Gasteiger partial charge on any atom is -0.494 e. The van der Waals surface area contributed by atoms with Crippen molar-refractivity contribution in [2.24, 2.45) is 4.99 Å². The van der Waals surface area contributed by atoms with Gasteiger partial charge in [0.25, 0.3) is 0 Å². The predicted molar refractivity (Wildman–Crippen MR) is 60.9 cm³/mol. The summed E-state index contributed by atoms with van der Waals surface area (Å²) in [6, 6.07) is 6.02. The van der Waals surface area contributed by atoms with Crippen LogP contribution < -0.4 is 4.74 Å². The van der Waals surface area contributed by atoms with Crippen molar-refractivity contribution in [3.8, 4) is 5.75 Å². The highest BCUT2D eigenvalue weighted by molar-refractivity contribution is 5.58. The van der Waals surface area contributed by atoms with Crippen LogP contribution in [0.2, 0.25) is 0 Å². The minimum absolute atomic E-state index is 0.131. The number of methoxy groups -OCH3 is 1. The van der Waals surface area contributed by atoms with Crippen molar-refractivity contribution < 1.29 is 4.74 Å². The maximum absolute atomic E-state index is 5.17. The summed E-state index contributed by atoms with van der Waals surface area (Å²) in [6.07, 6.45) is 0. The molecule has 0 aliphatic carbocycles. The van der Waals surface area contributed by atoms with Crippen LogP contribution in [0.15, 0.2) is 23.2 Å². The van der Waals surface area contributed by atoms with Crippen LogP contribution in [-0.4, -0.2) is 13.8 Å². The lowest BCUT2D eigenvalue weighted by Crippen LogP contribution is -2.10. The molecule has 0 heterocycles. The highest BCUT2D eigenvalue weighted by atomic mass is 16.5. The molecule has 0 saturated heterocycles. The summed E-state index contributed by atoms with van der Waals surface area (Å²) >= 11 is 0. The van der Waals surface area contributed by atoms with Crippen molar-refractivity contribution in [3.05, 3.63) is 23.8 Å². The van der Waals surface area contributed by atoms with Crippen molar-refractivity contribution in [3.63, 3.8) is 0 Å². The number of rotatable bonds is 2. The van der Waals surface area contributed by atoms with E-state index in [1.165, 1.54) is 5.56 Å². The summed E-state index contributed by atoms with van der Waals surface area (Å²) in [6.45, 7) is 10.0. The fourth-order valence-electron chi connectivity index (χ4n) is 1.28. The van der Waals surface area contributed by atoms with Crippen LogP contribution in [0.4, 0.5) is 5.69 Å². The second-order valence-electron chi connectivity index (χ2n) is 4.29. The van der Waals surface area contributed by atoms with Crippen LogP contribution in [0.25, 0.3) is 0 Å². The van der Waals surface area contributed by atoms with Gasteiger partial charge in [-0.1, -0.05) is 26.8 Å². The fraction of sp³-hybridized carbons (Fsp3) is 0.417. The van der Waals surface area contributed by atoms with E-state index in [0.29, 0.717) is 0 Å². The summed E-state index contributed by atoms with van der Waals surface area (Å²) in [5.41, 5.74) is 2.17. The summed E-state index contributed by atoms with van der Waals surface area (Å²) in [4.78, 5) is 3.94. The van der Waals surface area contributed by atoms with Gasteiger partial charge in [0.1, 0.15) is 11.4 Å². The molecule has 2 nitrogen and oxygen atoms in total. The molecule has 0 spiro atoms. The molecule has 2 heteroatoms. The normalized spacial score (nSPS) is 11.1. The number of benzene rings is 1. The molecule has 0 amide bonds. The standard InChI is InChI=1S/C12H17NO/c1-12(2,3)9-6-7-11(14-5)10(8-9)13-4/h6-8H,4H2,1-3,5H3. The van der Waals surface area contributed by atoms with Crippen LogP contribution in [0, 0.1) is 0 Å². The molecule has 76 valence electrons. The van der Waals surface area contributed by atoms with Crippen LogP contribution in [0.1, 0.15) is 26.3 Å². The Morgan fingerprint density at radius 1 is 1.29 bits per heavy atom. The number of hydrogen-bond donors (Lipinski definition) is 0. The van der Waals surface area contributed by atoms with Gasteiger partial charge in [-0.15, -0.1) is 0 Å². The molecular weight excluding hydrogens is 174 g/mol. The molecule has 1 rings (SSSR count). The lowest BCUT2D eigenvalue weighted by atomic mass is 9.87. The first-order valence-corrected chi connectivity index (χ1v) is 4.64. The average molecular weight is 191 g/mol. The molecule has 1 aromatic rings. The Morgan fingerprint density at radius 2 is 1.93 bits per heavy atom. The Hall–Kier alpha value is -1.31. The van der Waals surface area contributed by atoms with E-state index >= 15 is 0 Å². The SMILES string of the molecule is C=Nc1cc(C(C)(C)C)ccc1OC. The molecule has 0 N–H and O–H groups in total. The molecule has 1 aromatic carbocycles. The Morgan fingerprint density at radius 3 is 2.36 bits per heavy atom.